The first-order valence-corrected chi connectivity index (χ1v) is 8.78. The second-order valence-electron chi connectivity index (χ2n) is 7.54. The molecule has 0 amide bonds. The fourth-order valence-electron chi connectivity index (χ4n) is 3.80. The lowest BCUT2D eigenvalue weighted by atomic mass is 9.82. The van der Waals surface area contributed by atoms with Crippen LogP contribution in [0, 0.1) is 17.8 Å². The third-order valence-corrected chi connectivity index (χ3v) is 4.62. The molecular formula is C18H37N. The fraction of sp³-hybridized carbons (Fsp3) is 1.00. The zero-order valence-corrected chi connectivity index (χ0v) is 14.0. The fourth-order valence-corrected chi connectivity index (χ4v) is 3.80. The Balaban J connectivity index is 2.52. The number of nitrogens with one attached hydrogen (secondary N) is 1. The smallest absolute Gasteiger partial charge is 0.00952 e. The van der Waals surface area contributed by atoms with Gasteiger partial charge in [-0.1, -0.05) is 53.9 Å². The van der Waals surface area contributed by atoms with Crippen molar-refractivity contribution in [2.75, 3.05) is 0 Å². The molecule has 0 saturated heterocycles. The molecule has 0 aromatic carbocycles. The van der Waals surface area contributed by atoms with E-state index < -0.39 is 0 Å². The maximum absolute atomic E-state index is 4.04. The van der Waals surface area contributed by atoms with Crippen molar-refractivity contribution in [2.45, 2.75) is 98.1 Å². The highest BCUT2D eigenvalue weighted by Crippen LogP contribution is 2.28. The Hall–Kier alpha value is -0.0400. The number of hydrogen-bond donors (Lipinski definition) is 1. The van der Waals surface area contributed by atoms with Crippen molar-refractivity contribution in [2.24, 2.45) is 17.8 Å². The SMILES string of the molecule is CCC(NC(CC(C)C)CC(C)C)C1CCCCC1. The van der Waals surface area contributed by atoms with Crippen molar-refractivity contribution in [3.8, 4) is 0 Å². The first-order chi connectivity index (χ1) is 9.02. The highest BCUT2D eigenvalue weighted by atomic mass is 15.0. The average molecular weight is 268 g/mol. The average Bonchev–Trinajstić information content (AvgIpc) is 2.35. The van der Waals surface area contributed by atoms with E-state index in [0.717, 1.165) is 29.8 Å². The van der Waals surface area contributed by atoms with Crippen LogP contribution in [0.15, 0.2) is 0 Å². The normalized spacial score (nSPS) is 19.6. The van der Waals surface area contributed by atoms with Crippen LogP contribution in [0.3, 0.4) is 0 Å². The molecule has 1 aliphatic rings. The predicted octanol–water partition coefficient (Wildman–Crippen LogP) is 5.40. The largest absolute Gasteiger partial charge is 0.311 e. The van der Waals surface area contributed by atoms with Crippen LogP contribution in [0.1, 0.15) is 86.0 Å². The van der Waals surface area contributed by atoms with Crippen molar-refractivity contribution in [1.82, 2.24) is 5.32 Å². The van der Waals surface area contributed by atoms with Gasteiger partial charge in [-0.05, 0) is 49.9 Å². The van der Waals surface area contributed by atoms with Gasteiger partial charge in [0, 0.05) is 12.1 Å². The highest BCUT2D eigenvalue weighted by Gasteiger charge is 2.25. The van der Waals surface area contributed by atoms with Crippen molar-refractivity contribution in [1.29, 1.82) is 0 Å². The van der Waals surface area contributed by atoms with E-state index in [4.69, 9.17) is 0 Å². The van der Waals surface area contributed by atoms with E-state index in [-0.39, 0.29) is 0 Å². The Bertz CT molecular complexity index is 206. The second kappa shape index (κ2) is 9.00. The summed E-state index contributed by atoms with van der Waals surface area (Å²) in [6.45, 7) is 11.8. The molecule has 1 N–H and O–H groups in total. The molecule has 1 nitrogen and oxygen atoms in total. The molecule has 0 aromatic rings. The minimum absolute atomic E-state index is 0.729. The second-order valence-corrected chi connectivity index (χ2v) is 7.54. The summed E-state index contributed by atoms with van der Waals surface area (Å²) in [5, 5.41) is 4.04. The third-order valence-electron chi connectivity index (χ3n) is 4.62. The van der Waals surface area contributed by atoms with Crippen LogP contribution in [-0.4, -0.2) is 12.1 Å². The van der Waals surface area contributed by atoms with Gasteiger partial charge in [0.15, 0.2) is 0 Å². The Labute approximate surface area is 121 Å². The molecule has 1 aliphatic carbocycles. The van der Waals surface area contributed by atoms with Crippen LogP contribution in [0.25, 0.3) is 0 Å². The summed E-state index contributed by atoms with van der Waals surface area (Å²) in [4.78, 5) is 0. The summed E-state index contributed by atoms with van der Waals surface area (Å²) in [5.41, 5.74) is 0. The molecule has 19 heavy (non-hydrogen) atoms. The summed E-state index contributed by atoms with van der Waals surface area (Å²) < 4.78 is 0. The van der Waals surface area contributed by atoms with Crippen molar-refractivity contribution in [3.05, 3.63) is 0 Å². The summed E-state index contributed by atoms with van der Waals surface area (Å²) in [5.74, 6) is 2.56. The first kappa shape index (κ1) is 17.0. The van der Waals surface area contributed by atoms with E-state index in [1.165, 1.54) is 51.4 Å². The minimum atomic E-state index is 0.729. The van der Waals surface area contributed by atoms with E-state index >= 15 is 0 Å². The lowest BCUT2D eigenvalue weighted by Crippen LogP contribution is -2.44. The number of hydrogen-bond acceptors (Lipinski definition) is 1. The molecule has 0 heterocycles. The summed E-state index contributed by atoms with van der Waals surface area (Å²) in [6.07, 6.45) is 11.3. The zero-order valence-electron chi connectivity index (χ0n) is 14.0. The molecule has 1 atom stereocenters. The minimum Gasteiger partial charge on any atom is -0.311 e. The van der Waals surface area contributed by atoms with E-state index in [2.05, 4.69) is 39.9 Å². The lowest BCUT2D eigenvalue weighted by Gasteiger charge is -2.34. The zero-order chi connectivity index (χ0) is 14.3. The Morgan fingerprint density at radius 1 is 0.895 bits per heavy atom. The van der Waals surface area contributed by atoms with Gasteiger partial charge < -0.3 is 5.32 Å². The topological polar surface area (TPSA) is 12.0 Å². The maximum atomic E-state index is 4.04. The van der Waals surface area contributed by atoms with Crippen LogP contribution < -0.4 is 5.32 Å². The van der Waals surface area contributed by atoms with Crippen LogP contribution in [-0.2, 0) is 0 Å². The lowest BCUT2D eigenvalue weighted by molar-refractivity contribution is 0.224. The molecule has 1 heteroatoms. The molecule has 0 spiro atoms. The van der Waals surface area contributed by atoms with Gasteiger partial charge in [-0.15, -0.1) is 0 Å². The summed E-state index contributed by atoms with van der Waals surface area (Å²) >= 11 is 0. The van der Waals surface area contributed by atoms with Crippen molar-refractivity contribution < 1.29 is 0 Å². The van der Waals surface area contributed by atoms with Crippen molar-refractivity contribution >= 4 is 0 Å². The van der Waals surface area contributed by atoms with Gasteiger partial charge in [0.2, 0.25) is 0 Å². The first-order valence-electron chi connectivity index (χ1n) is 8.78. The highest BCUT2D eigenvalue weighted by molar-refractivity contribution is 4.82. The van der Waals surface area contributed by atoms with E-state index in [1.807, 2.05) is 0 Å². The molecule has 1 fully saturated rings. The molecule has 1 saturated carbocycles. The third kappa shape index (κ3) is 6.79. The van der Waals surface area contributed by atoms with Crippen LogP contribution >= 0.6 is 0 Å². The molecule has 0 bridgehead atoms. The van der Waals surface area contributed by atoms with Crippen LogP contribution in [0.5, 0.6) is 0 Å². The molecule has 114 valence electrons. The molecule has 1 rings (SSSR count). The molecular weight excluding hydrogens is 230 g/mol. The summed E-state index contributed by atoms with van der Waals surface area (Å²) in [7, 11) is 0. The standard InChI is InChI=1S/C18H37N/c1-6-18(16-10-8-7-9-11-16)19-17(12-14(2)3)13-15(4)5/h14-19H,6-13H2,1-5H3. The monoisotopic (exact) mass is 267 g/mol. The van der Waals surface area contributed by atoms with Crippen LogP contribution in [0.2, 0.25) is 0 Å². The van der Waals surface area contributed by atoms with E-state index in [0.29, 0.717) is 0 Å². The predicted molar refractivity (Wildman–Crippen MR) is 86.5 cm³/mol. The Morgan fingerprint density at radius 3 is 1.84 bits per heavy atom. The van der Waals surface area contributed by atoms with Crippen molar-refractivity contribution in [3.63, 3.8) is 0 Å². The Kier molecular flexibility index (Phi) is 8.06. The quantitative estimate of drug-likeness (QED) is 0.621. The van der Waals surface area contributed by atoms with Gasteiger partial charge in [-0.2, -0.15) is 0 Å². The molecule has 0 aliphatic heterocycles. The maximum Gasteiger partial charge on any atom is 0.00952 e. The van der Waals surface area contributed by atoms with Gasteiger partial charge in [0.25, 0.3) is 0 Å². The molecule has 0 radical (unpaired) electrons. The number of rotatable bonds is 8. The van der Waals surface area contributed by atoms with Gasteiger partial charge in [0.1, 0.15) is 0 Å². The van der Waals surface area contributed by atoms with Gasteiger partial charge in [0.05, 0.1) is 0 Å². The summed E-state index contributed by atoms with van der Waals surface area (Å²) in [6, 6.07) is 1.50. The Morgan fingerprint density at radius 2 is 1.42 bits per heavy atom. The van der Waals surface area contributed by atoms with E-state index in [9.17, 15) is 0 Å². The van der Waals surface area contributed by atoms with E-state index in [1.54, 1.807) is 0 Å². The van der Waals surface area contributed by atoms with Crippen LogP contribution in [0.4, 0.5) is 0 Å². The van der Waals surface area contributed by atoms with Gasteiger partial charge in [-0.25, -0.2) is 0 Å². The molecule has 0 aromatic heterocycles. The van der Waals surface area contributed by atoms with Gasteiger partial charge in [-0.3, -0.25) is 0 Å². The van der Waals surface area contributed by atoms with Gasteiger partial charge >= 0.3 is 0 Å². The molecule has 1 unspecified atom stereocenters.